The van der Waals surface area contributed by atoms with Gasteiger partial charge in [-0.05, 0) is 41.1 Å². The molecule has 0 fully saturated rings. The quantitative estimate of drug-likeness (QED) is 0.788. The molecule has 0 bridgehead atoms. The number of thiophene rings is 1. The second kappa shape index (κ2) is 7.25. The summed E-state index contributed by atoms with van der Waals surface area (Å²) in [5.41, 5.74) is 1.21. The van der Waals surface area contributed by atoms with Crippen LogP contribution in [-0.4, -0.2) is 7.11 Å². The van der Waals surface area contributed by atoms with Crippen molar-refractivity contribution in [3.05, 3.63) is 50.6 Å². The van der Waals surface area contributed by atoms with E-state index in [2.05, 4.69) is 58.7 Å². The van der Waals surface area contributed by atoms with E-state index in [9.17, 15) is 0 Å². The number of hydrogen-bond acceptors (Lipinski definition) is 3. The van der Waals surface area contributed by atoms with Gasteiger partial charge in [0.2, 0.25) is 0 Å². The van der Waals surface area contributed by atoms with Crippen LogP contribution in [0.1, 0.15) is 30.3 Å². The van der Waals surface area contributed by atoms with Crippen LogP contribution in [0.25, 0.3) is 0 Å². The van der Waals surface area contributed by atoms with Crippen molar-refractivity contribution in [2.75, 3.05) is 7.11 Å². The van der Waals surface area contributed by atoms with Crippen molar-refractivity contribution >= 4 is 27.3 Å². The summed E-state index contributed by atoms with van der Waals surface area (Å²) in [4.78, 5) is 1.39. The van der Waals surface area contributed by atoms with E-state index < -0.39 is 0 Å². The van der Waals surface area contributed by atoms with Gasteiger partial charge in [0, 0.05) is 21.9 Å². The minimum absolute atomic E-state index is 0.383. The van der Waals surface area contributed by atoms with Crippen molar-refractivity contribution in [3.8, 4) is 5.75 Å². The van der Waals surface area contributed by atoms with Gasteiger partial charge in [0.25, 0.3) is 0 Å². The minimum atomic E-state index is 0.383. The smallest absolute Gasteiger partial charge is 0.119 e. The van der Waals surface area contributed by atoms with E-state index in [1.165, 1.54) is 10.4 Å². The number of methoxy groups -OCH3 is 1. The van der Waals surface area contributed by atoms with Crippen LogP contribution in [-0.2, 0) is 6.54 Å². The molecule has 0 aliphatic carbocycles. The molecule has 1 N–H and O–H groups in total. The average Bonchev–Trinajstić information content (AvgIpc) is 2.94. The molecule has 2 nitrogen and oxygen atoms in total. The van der Waals surface area contributed by atoms with Crippen molar-refractivity contribution in [1.82, 2.24) is 5.32 Å². The highest BCUT2D eigenvalue weighted by atomic mass is 79.9. The number of hydrogen-bond donors (Lipinski definition) is 1. The van der Waals surface area contributed by atoms with Crippen molar-refractivity contribution in [3.63, 3.8) is 0 Å². The third-order valence-electron chi connectivity index (χ3n) is 3.28. The molecule has 1 heterocycles. The molecule has 108 valence electrons. The van der Waals surface area contributed by atoms with Gasteiger partial charge < -0.3 is 10.1 Å². The molecule has 1 aromatic heterocycles. The Labute approximate surface area is 133 Å². The fourth-order valence-electron chi connectivity index (χ4n) is 2.17. The molecule has 0 radical (unpaired) electrons. The van der Waals surface area contributed by atoms with E-state index in [1.807, 2.05) is 23.5 Å². The minimum Gasteiger partial charge on any atom is -0.497 e. The predicted octanol–water partition coefficient (Wildman–Crippen LogP) is 5.01. The molecule has 0 aliphatic heterocycles. The summed E-state index contributed by atoms with van der Waals surface area (Å²) in [6.45, 7) is 5.31. The third-order valence-corrected chi connectivity index (χ3v) is 5.01. The maximum absolute atomic E-state index is 5.29. The molecule has 1 aromatic carbocycles. The van der Waals surface area contributed by atoms with Crippen LogP contribution in [0, 0.1) is 5.92 Å². The first-order valence-electron chi connectivity index (χ1n) is 6.71. The van der Waals surface area contributed by atoms with Crippen LogP contribution in [0.3, 0.4) is 0 Å². The Morgan fingerprint density at radius 3 is 2.70 bits per heavy atom. The highest BCUT2D eigenvalue weighted by Crippen LogP contribution is 2.28. The highest BCUT2D eigenvalue weighted by Gasteiger charge is 2.16. The topological polar surface area (TPSA) is 21.3 Å². The van der Waals surface area contributed by atoms with Crippen molar-refractivity contribution in [2.45, 2.75) is 26.4 Å². The number of ether oxygens (including phenoxy) is 1. The Hall–Kier alpha value is -0.840. The van der Waals surface area contributed by atoms with Crippen molar-refractivity contribution < 1.29 is 4.74 Å². The number of rotatable bonds is 6. The Balaban J connectivity index is 2.10. The molecule has 0 spiro atoms. The Bertz CT molecular complexity index is 539. The van der Waals surface area contributed by atoms with E-state index in [0.29, 0.717) is 12.0 Å². The lowest BCUT2D eigenvalue weighted by atomic mass is 10.0. The van der Waals surface area contributed by atoms with Gasteiger partial charge in [-0.15, -0.1) is 11.3 Å². The molecule has 20 heavy (non-hydrogen) atoms. The normalized spacial score (nSPS) is 12.7. The van der Waals surface area contributed by atoms with Gasteiger partial charge >= 0.3 is 0 Å². The maximum Gasteiger partial charge on any atom is 0.119 e. The summed E-state index contributed by atoms with van der Waals surface area (Å²) in [5.74, 6) is 1.44. The standard InChI is InChI=1S/C16H20BrNOS/c1-11(2)16(15-5-4-8-20-15)18-10-12-9-13(19-3)6-7-14(12)17/h4-9,11,16,18H,10H2,1-3H3. The maximum atomic E-state index is 5.29. The van der Waals surface area contributed by atoms with Crippen LogP contribution < -0.4 is 10.1 Å². The van der Waals surface area contributed by atoms with Gasteiger partial charge in [-0.25, -0.2) is 0 Å². The summed E-state index contributed by atoms with van der Waals surface area (Å²) in [6, 6.07) is 10.8. The second-order valence-electron chi connectivity index (χ2n) is 5.08. The first-order valence-corrected chi connectivity index (χ1v) is 8.38. The van der Waals surface area contributed by atoms with E-state index in [4.69, 9.17) is 4.74 Å². The van der Waals surface area contributed by atoms with Crippen LogP contribution in [0.4, 0.5) is 0 Å². The van der Waals surface area contributed by atoms with E-state index >= 15 is 0 Å². The van der Waals surface area contributed by atoms with Crippen LogP contribution in [0.2, 0.25) is 0 Å². The summed E-state index contributed by atoms with van der Waals surface area (Å²) in [5, 5.41) is 5.79. The molecule has 1 unspecified atom stereocenters. The molecule has 0 saturated heterocycles. The zero-order valence-corrected chi connectivity index (χ0v) is 14.4. The Morgan fingerprint density at radius 1 is 1.30 bits per heavy atom. The second-order valence-corrected chi connectivity index (χ2v) is 6.91. The lowest BCUT2D eigenvalue weighted by Crippen LogP contribution is -2.24. The van der Waals surface area contributed by atoms with Gasteiger partial charge in [-0.3, -0.25) is 0 Å². The zero-order chi connectivity index (χ0) is 14.5. The van der Waals surface area contributed by atoms with Crippen molar-refractivity contribution in [1.29, 1.82) is 0 Å². The zero-order valence-electron chi connectivity index (χ0n) is 12.0. The molecular formula is C16H20BrNOS. The lowest BCUT2D eigenvalue weighted by molar-refractivity contribution is 0.407. The molecule has 2 rings (SSSR count). The fourth-order valence-corrected chi connectivity index (χ4v) is 3.53. The molecule has 4 heteroatoms. The van der Waals surface area contributed by atoms with Gasteiger partial charge in [-0.2, -0.15) is 0 Å². The van der Waals surface area contributed by atoms with Crippen molar-refractivity contribution in [2.24, 2.45) is 5.92 Å². The molecular weight excluding hydrogens is 334 g/mol. The monoisotopic (exact) mass is 353 g/mol. The summed E-state index contributed by atoms with van der Waals surface area (Å²) < 4.78 is 6.40. The van der Waals surface area contributed by atoms with Gasteiger partial charge in [0.1, 0.15) is 5.75 Å². The van der Waals surface area contributed by atoms with Gasteiger partial charge in [0.05, 0.1) is 7.11 Å². The average molecular weight is 354 g/mol. The number of nitrogens with one attached hydrogen (secondary N) is 1. The van der Waals surface area contributed by atoms with Gasteiger partial charge in [0.15, 0.2) is 0 Å². The molecule has 0 amide bonds. The van der Waals surface area contributed by atoms with E-state index in [1.54, 1.807) is 7.11 Å². The lowest BCUT2D eigenvalue weighted by Gasteiger charge is -2.22. The third kappa shape index (κ3) is 3.84. The Kier molecular flexibility index (Phi) is 5.64. The summed E-state index contributed by atoms with van der Waals surface area (Å²) in [7, 11) is 1.70. The first kappa shape index (κ1) is 15.5. The predicted molar refractivity (Wildman–Crippen MR) is 89.4 cm³/mol. The van der Waals surface area contributed by atoms with Crippen LogP contribution in [0.15, 0.2) is 40.2 Å². The number of benzene rings is 1. The highest BCUT2D eigenvalue weighted by molar-refractivity contribution is 9.10. The van der Waals surface area contributed by atoms with Crippen LogP contribution in [0.5, 0.6) is 5.75 Å². The first-order chi connectivity index (χ1) is 9.61. The molecule has 2 aromatic rings. The van der Waals surface area contributed by atoms with Crippen LogP contribution >= 0.6 is 27.3 Å². The van der Waals surface area contributed by atoms with Gasteiger partial charge in [-0.1, -0.05) is 35.8 Å². The molecule has 0 aliphatic rings. The molecule has 0 saturated carbocycles. The fraction of sp³-hybridized carbons (Fsp3) is 0.375. The van der Waals surface area contributed by atoms with E-state index in [-0.39, 0.29) is 0 Å². The molecule has 1 atom stereocenters. The number of halogens is 1. The summed E-state index contributed by atoms with van der Waals surface area (Å²) >= 11 is 5.41. The SMILES string of the molecule is COc1ccc(Br)c(CNC(c2cccs2)C(C)C)c1. The Morgan fingerprint density at radius 2 is 2.10 bits per heavy atom. The summed E-state index contributed by atoms with van der Waals surface area (Å²) in [6.07, 6.45) is 0. The largest absolute Gasteiger partial charge is 0.497 e. The van der Waals surface area contributed by atoms with E-state index in [0.717, 1.165) is 16.8 Å².